The molecule has 2 aliphatic carbocycles. The highest BCUT2D eigenvalue weighted by Crippen LogP contribution is 2.26. The molecule has 0 aromatic carbocycles. The molecular formula is C17H33N3O. The van der Waals surface area contributed by atoms with Crippen LogP contribution in [0, 0.1) is 5.92 Å². The van der Waals surface area contributed by atoms with Crippen molar-refractivity contribution in [2.75, 3.05) is 13.1 Å². The molecule has 122 valence electrons. The van der Waals surface area contributed by atoms with E-state index in [4.69, 9.17) is 4.99 Å². The Labute approximate surface area is 129 Å². The summed E-state index contributed by atoms with van der Waals surface area (Å²) in [6.07, 6.45) is 12.1. The first kappa shape index (κ1) is 16.6. The molecule has 2 saturated carbocycles. The molecule has 2 fully saturated rings. The predicted octanol–water partition coefficient (Wildman–Crippen LogP) is 2.82. The standard InChI is InChI=1S/C17H33N3O/c1-2-18-17(20-15-8-10-16(21)11-9-15)19-13-12-14-6-4-3-5-7-14/h14-16,21H,2-13H2,1H3,(H2,18,19,20). The molecule has 3 N–H and O–H groups in total. The van der Waals surface area contributed by atoms with Gasteiger partial charge < -0.3 is 15.7 Å². The van der Waals surface area contributed by atoms with E-state index < -0.39 is 0 Å². The maximum atomic E-state index is 9.58. The van der Waals surface area contributed by atoms with E-state index in [-0.39, 0.29) is 6.10 Å². The van der Waals surface area contributed by atoms with Crippen molar-refractivity contribution in [3.8, 4) is 0 Å². The summed E-state index contributed by atoms with van der Waals surface area (Å²) in [4.78, 5) is 4.75. The van der Waals surface area contributed by atoms with Gasteiger partial charge in [-0.15, -0.1) is 0 Å². The van der Waals surface area contributed by atoms with Gasteiger partial charge in [0, 0.05) is 19.1 Å². The van der Waals surface area contributed by atoms with Crippen LogP contribution in [-0.2, 0) is 0 Å². The number of hydrogen-bond acceptors (Lipinski definition) is 2. The first-order valence-corrected chi connectivity index (χ1v) is 9.01. The Morgan fingerprint density at radius 3 is 2.43 bits per heavy atom. The lowest BCUT2D eigenvalue weighted by Crippen LogP contribution is -2.45. The largest absolute Gasteiger partial charge is 0.393 e. The van der Waals surface area contributed by atoms with E-state index in [9.17, 15) is 5.11 Å². The van der Waals surface area contributed by atoms with Crippen LogP contribution in [0.5, 0.6) is 0 Å². The normalized spacial score (nSPS) is 28.4. The molecule has 4 nitrogen and oxygen atoms in total. The van der Waals surface area contributed by atoms with Crippen molar-refractivity contribution in [2.45, 2.75) is 83.3 Å². The fourth-order valence-corrected chi connectivity index (χ4v) is 3.57. The predicted molar refractivity (Wildman–Crippen MR) is 88.6 cm³/mol. The summed E-state index contributed by atoms with van der Waals surface area (Å²) < 4.78 is 0. The van der Waals surface area contributed by atoms with Crippen molar-refractivity contribution in [2.24, 2.45) is 10.9 Å². The summed E-state index contributed by atoms with van der Waals surface area (Å²) in [5, 5.41) is 16.5. The van der Waals surface area contributed by atoms with Gasteiger partial charge in [-0.25, -0.2) is 0 Å². The average Bonchev–Trinajstić information content (AvgIpc) is 2.51. The van der Waals surface area contributed by atoms with Crippen LogP contribution in [0.4, 0.5) is 0 Å². The molecule has 0 radical (unpaired) electrons. The SMILES string of the molecule is CCNC(=NCCC1CCCCC1)NC1CCC(O)CC1. The Balaban J connectivity index is 1.72. The van der Waals surface area contributed by atoms with E-state index in [2.05, 4.69) is 17.6 Å². The van der Waals surface area contributed by atoms with Gasteiger partial charge in [0.05, 0.1) is 6.10 Å². The second-order valence-electron chi connectivity index (χ2n) is 6.70. The quantitative estimate of drug-likeness (QED) is 0.540. The number of aliphatic hydroxyl groups is 1. The molecule has 0 unspecified atom stereocenters. The summed E-state index contributed by atoms with van der Waals surface area (Å²) in [7, 11) is 0. The van der Waals surface area contributed by atoms with E-state index in [1.54, 1.807) is 0 Å². The molecular weight excluding hydrogens is 262 g/mol. The molecule has 0 saturated heterocycles. The van der Waals surface area contributed by atoms with Crippen molar-refractivity contribution < 1.29 is 5.11 Å². The van der Waals surface area contributed by atoms with Gasteiger partial charge >= 0.3 is 0 Å². The van der Waals surface area contributed by atoms with E-state index in [1.807, 2.05) is 0 Å². The molecule has 0 aromatic rings. The molecule has 0 amide bonds. The van der Waals surface area contributed by atoms with Gasteiger partial charge in [-0.05, 0) is 44.9 Å². The molecule has 0 aromatic heterocycles. The van der Waals surface area contributed by atoms with Crippen molar-refractivity contribution in [1.82, 2.24) is 10.6 Å². The fourth-order valence-electron chi connectivity index (χ4n) is 3.57. The van der Waals surface area contributed by atoms with Gasteiger partial charge in [0.2, 0.25) is 0 Å². The molecule has 2 rings (SSSR count). The maximum absolute atomic E-state index is 9.58. The monoisotopic (exact) mass is 295 g/mol. The smallest absolute Gasteiger partial charge is 0.191 e. The third-order valence-electron chi connectivity index (χ3n) is 4.91. The number of rotatable bonds is 5. The van der Waals surface area contributed by atoms with Crippen molar-refractivity contribution in [3.63, 3.8) is 0 Å². The van der Waals surface area contributed by atoms with Crippen LogP contribution in [0.25, 0.3) is 0 Å². The van der Waals surface area contributed by atoms with Crippen LogP contribution in [0.3, 0.4) is 0 Å². The van der Waals surface area contributed by atoms with Gasteiger partial charge in [-0.3, -0.25) is 4.99 Å². The summed E-state index contributed by atoms with van der Waals surface area (Å²) in [5.74, 6) is 1.87. The van der Waals surface area contributed by atoms with Gasteiger partial charge in [-0.2, -0.15) is 0 Å². The summed E-state index contributed by atoms with van der Waals surface area (Å²) in [6.45, 7) is 3.96. The minimum absolute atomic E-state index is 0.0890. The zero-order valence-corrected chi connectivity index (χ0v) is 13.6. The molecule has 4 heteroatoms. The van der Waals surface area contributed by atoms with Crippen molar-refractivity contribution >= 4 is 5.96 Å². The van der Waals surface area contributed by atoms with Crippen LogP contribution >= 0.6 is 0 Å². The Bertz CT molecular complexity index is 305. The Morgan fingerprint density at radius 1 is 1.05 bits per heavy atom. The lowest BCUT2D eigenvalue weighted by atomic mass is 9.87. The Hall–Kier alpha value is -0.770. The van der Waals surface area contributed by atoms with E-state index in [0.29, 0.717) is 6.04 Å². The van der Waals surface area contributed by atoms with E-state index in [0.717, 1.165) is 50.7 Å². The number of aliphatic imine (C=N–C) groups is 1. The van der Waals surface area contributed by atoms with Crippen LogP contribution in [0.2, 0.25) is 0 Å². The minimum Gasteiger partial charge on any atom is -0.393 e. The molecule has 0 spiro atoms. The van der Waals surface area contributed by atoms with Crippen LogP contribution in [-0.4, -0.2) is 36.3 Å². The molecule has 2 aliphatic rings. The molecule has 0 bridgehead atoms. The van der Waals surface area contributed by atoms with Gasteiger partial charge in [0.15, 0.2) is 5.96 Å². The number of aliphatic hydroxyl groups excluding tert-OH is 1. The minimum atomic E-state index is -0.0890. The third-order valence-corrected chi connectivity index (χ3v) is 4.91. The number of hydrogen-bond donors (Lipinski definition) is 3. The molecule has 21 heavy (non-hydrogen) atoms. The summed E-state index contributed by atoms with van der Waals surface area (Å²) in [5.41, 5.74) is 0. The molecule has 0 aliphatic heterocycles. The summed E-state index contributed by atoms with van der Waals surface area (Å²) >= 11 is 0. The third kappa shape index (κ3) is 6.25. The fraction of sp³-hybridized carbons (Fsp3) is 0.941. The average molecular weight is 295 g/mol. The maximum Gasteiger partial charge on any atom is 0.191 e. The highest BCUT2D eigenvalue weighted by molar-refractivity contribution is 5.80. The first-order chi connectivity index (χ1) is 10.3. The Morgan fingerprint density at radius 2 is 1.76 bits per heavy atom. The van der Waals surface area contributed by atoms with Gasteiger partial charge in [-0.1, -0.05) is 32.1 Å². The van der Waals surface area contributed by atoms with Crippen LogP contribution in [0.1, 0.15) is 71.1 Å². The molecule has 0 atom stereocenters. The second-order valence-corrected chi connectivity index (χ2v) is 6.70. The lowest BCUT2D eigenvalue weighted by Gasteiger charge is -2.27. The highest BCUT2D eigenvalue weighted by Gasteiger charge is 2.20. The number of nitrogens with one attached hydrogen (secondary N) is 2. The van der Waals surface area contributed by atoms with Crippen LogP contribution < -0.4 is 10.6 Å². The zero-order chi connectivity index (χ0) is 14.9. The van der Waals surface area contributed by atoms with E-state index in [1.165, 1.54) is 38.5 Å². The second kappa shape index (κ2) is 9.29. The number of nitrogens with zero attached hydrogens (tertiary/aromatic N) is 1. The van der Waals surface area contributed by atoms with Crippen molar-refractivity contribution in [1.29, 1.82) is 0 Å². The lowest BCUT2D eigenvalue weighted by molar-refractivity contribution is 0.120. The van der Waals surface area contributed by atoms with E-state index >= 15 is 0 Å². The Kier molecular flexibility index (Phi) is 7.34. The first-order valence-electron chi connectivity index (χ1n) is 9.01. The highest BCUT2D eigenvalue weighted by atomic mass is 16.3. The van der Waals surface area contributed by atoms with Gasteiger partial charge in [0.1, 0.15) is 0 Å². The zero-order valence-electron chi connectivity index (χ0n) is 13.6. The summed E-state index contributed by atoms with van der Waals surface area (Å²) in [6, 6.07) is 0.473. The van der Waals surface area contributed by atoms with Crippen molar-refractivity contribution in [3.05, 3.63) is 0 Å². The van der Waals surface area contributed by atoms with Gasteiger partial charge in [0.25, 0.3) is 0 Å². The number of guanidine groups is 1. The molecule has 0 heterocycles. The topological polar surface area (TPSA) is 56.7 Å². The van der Waals surface area contributed by atoms with Crippen LogP contribution in [0.15, 0.2) is 4.99 Å².